The minimum atomic E-state index is -0.941. The van der Waals surface area contributed by atoms with Crippen LogP contribution in [-0.2, 0) is 4.79 Å². The van der Waals surface area contributed by atoms with Gasteiger partial charge in [0.1, 0.15) is 5.56 Å². The molecule has 6 heteroatoms. The van der Waals surface area contributed by atoms with Gasteiger partial charge in [-0.2, -0.15) is 0 Å². The molecule has 0 saturated heterocycles. The monoisotopic (exact) mass is 264 g/mol. The molecule has 1 saturated carbocycles. The van der Waals surface area contributed by atoms with Crippen LogP contribution >= 0.6 is 0 Å². The number of carboxylic acids is 1. The number of carboxylic acid groups (broad SMARTS) is 1. The fraction of sp³-hybridized carbons (Fsp3) is 0.462. The molecule has 3 N–H and O–H groups in total. The number of aromatic amines is 1. The molecule has 0 unspecified atom stereocenters. The Morgan fingerprint density at radius 2 is 2.05 bits per heavy atom. The standard InChI is InChI=1S/C13H16N2O4/c16-10-3-6-14-8-9(10)12(19)15-13(7-11(17)18)4-1-2-5-13/h3,6,8H,1-2,4-5,7H2,(H,14,16)(H,15,19)(H,17,18). The van der Waals surface area contributed by atoms with Crippen LogP contribution in [0.2, 0.25) is 0 Å². The van der Waals surface area contributed by atoms with Crippen molar-refractivity contribution in [2.24, 2.45) is 0 Å². The van der Waals surface area contributed by atoms with Crippen LogP contribution in [0.3, 0.4) is 0 Å². The van der Waals surface area contributed by atoms with Crippen LogP contribution in [0.1, 0.15) is 42.5 Å². The molecular formula is C13H16N2O4. The number of rotatable bonds is 4. The number of aliphatic carboxylic acids is 1. The summed E-state index contributed by atoms with van der Waals surface area (Å²) in [7, 11) is 0. The van der Waals surface area contributed by atoms with Crippen molar-refractivity contribution in [3.63, 3.8) is 0 Å². The minimum absolute atomic E-state index is 0.0131. The summed E-state index contributed by atoms with van der Waals surface area (Å²) in [6, 6.07) is 1.27. The van der Waals surface area contributed by atoms with Gasteiger partial charge >= 0.3 is 5.97 Å². The fourth-order valence-electron chi connectivity index (χ4n) is 2.59. The number of hydrogen-bond donors (Lipinski definition) is 3. The summed E-state index contributed by atoms with van der Waals surface area (Å²) in [5, 5.41) is 11.7. The number of hydrogen-bond acceptors (Lipinski definition) is 3. The van der Waals surface area contributed by atoms with Gasteiger partial charge in [-0.15, -0.1) is 0 Å². The molecule has 0 spiro atoms. The van der Waals surface area contributed by atoms with E-state index in [0.717, 1.165) is 12.8 Å². The van der Waals surface area contributed by atoms with Gasteiger partial charge in [-0.05, 0) is 12.8 Å². The first-order valence-electron chi connectivity index (χ1n) is 6.24. The van der Waals surface area contributed by atoms with Gasteiger partial charge in [0.15, 0.2) is 5.43 Å². The molecule has 102 valence electrons. The van der Waals surface area contributed by atoms with E-state index in [2.05, 4.69) is 10.3 Å². The van der Waals surface area contributed by atoms with Gasteiger partial charge in [-0.25, -0.2) is 0 Å². The molecule has 0 radical (unpaired) electrons. The highest BCUT2D eigenvalue weighted by molar-refractivity contribution is 5.94. The second kappa shape index (κ2) is 5.26. The number of H-pyrrole nitrogens is 1. The summed E-state index contributed by atoms with van der Waals surface area (Å²) >= 11 is 0. The Morgan fingerprint density at radius 3 is 2.63 bits per heavy atom. The van der Waals surface area contributed by atoms with Crippen LogP contribution in [0.5, 0.6) is 0 Å². The third kappa shape index (κ3) is 3.01. The van der Waals surface area contributed by atoms with Crippen LogP contribution in [-0.4, -0.2) is 27.5 Å². The Kier molecular flexibility index (Phi) is 3.69. The number of nitrogens with one attached hydrogen (secondary N) is 2. The van der Waals surface area contributed by atoms with Crippen molar-refractivity contribution >= 4 is 11.9 Å². The summed E-state index contributed by atoms with van der Waals surface area (Å²) in [5.41, 5.74) is -1.08. The van der Waals surface area contributed by atoms with Gasteiger partial charge in [0.05, 0.1) is 12.0 Å². The second-order valence-electron chi connectivity index (χ2n) is 4.93. The van der Waals surface area contributed by atoms with Gasteiger partial charge in [-0.1, -0.05) is 12.8 Å². The maximum Gasteiger partial charge on any atom is 0.305 e. The largest absolute Gasteiger partial charge is 0.481 e. The molecule has 1 aliphatic rings. The smallest absolute Gasteiger partial charge is 0.305 e. The van der Waals surface area contributed by atoms with Crippen molar-refractivity contribution in [3.05, 3.63) is 34.2 Å². The lowest BCUT2D eigenvalue weighted by atomic mass is 9.93. The van der Waals surface area contributed by atoms with Gasteiger partial charge in [0.2, 0.25) is 0 Å². The summed E-state index contributed by atoms with van der Waals surface area (Å²) < 4.78 is 0. The molecule has 1 heterocycles. The third-order valence-electron chi connectivity index (χ3n) is 3.50. The molecular weight excluding hydrogens is 248 g/mol. The Bertz CT molecular complexity index is 544. The first kappa shape index (κ1) is 13.3. The number of aromatic nitrogens is 1. The van der Waals surface area contributed by atoms with E-state index in [1.165, 1.54) is 18.5 Å². The van der Waals surface area contributed by atoms with E-state index in [0.29, 0.717) is 12.8 Å². The highest BCUT2D eigenvalue weighted by Crippen LogP contribution is 2.32. The number of amides is 1. The van der Waals surface area contributed by atoms with Crippen molar-refractivity contribution in [3.8, 4) is 0 Å². The Labute approximate surface area is 109 Å². The van der Waals surface area contributed by atoms with E-state index in [9.17, 15) is 14.4 Å². The average Bonchev–Trinajstić information content (AvgIpc) is 2.76. The predicted molar refractivity (Wildman–Crippen MR) is 68.0 cm³/mol. The molecule has 1 fully saturated rings. The summed E-state index contributed by atoms with van der Waals surface area (Å²) in [6.45, 7) is 0. The van der Waals surface area contributed by atoms with Crippen LogP contribution in [0, 0.1) is 0 Å². The molecule has 1 aromatic heterocycles. The zero-order chi connectivity index (χ0) is 13.9. The van der Waals surface area contributed by atoms with Crippen molar-refractivity contribution in [1.29, 1.82) is 0 Å². The molecule has 0 atom stereocenters. The SMILES string of the molecule is O=C(O)CC1(NC(=O)c2c[nH]ccc2=O)CCCC1. The molecule has 1 amide bonds. The Balaban J connectivity index is 2.18. The predicted octanol–water partition coefficient (Wildman–Crippen LogP) is 0.892. The highest BCUT2D eigenvalue weighted by atomic mass is 16.4. The van der Waals surface area contributed by atoms with Gasteiger partial charge < -0.3 is 15.4 Å². The van der Waals surface area contributed by atoms with Crippen molar-refractivity contribution in [2.75, 3.05) is 0 Å². The lowest BCUT2D eigenvalue weighted by Gasteiger charge is -2.28. The van der Waals surface area contributed by atoms with Crippen LogP contribution in [0.25, 0.3) is 0 Å². The molecule has 6 nitrogen and oxygen atoms in total. The summed E-state index contributed by atoms with van der Waals surface area (Å²) in [5.74, 6) is -1.45. The number of carbonyl (C=O) groups excluding carboxylic acids is 1. The van der Waals surface area contributed by atoms with Crippen molar-refractivity contribution < 1.29 is 14.7 Å². The number of pyridine rings is 1. The lowest BCUT2D eigenvalue weighted by molar-refractivity contribution is -0.138. The maximum absolute atomic E-state index is 12.1. The van der Waals surface area contributed by atoms with Crippen LogP contribution in [0.4, 0.5) is 0 Å². The number of carbonyl (C=O) groups is 2. The molecule has 1 aromatic rings. The zero-order valence-electron chi connectivity index (χ0n) is 10.4. The minimum Gasteiger partial charge on any atom is -0.481 e. The van der Waals surface area contributed by atoms with Gasteiger partial charge in [0, 0.05) is 18.5 Å². The van der Waals surface area contributed by atoms with Crippen molar-refractivity contribution in [1.82, 2.24) is 10.3 Å². The van der Waals surface area contributed by atoms with E-state index < -0.39 is 17.4 Å². The zero-order valence-corrected chi connectivity index (χ0v) is 10.4. The Morgan fingerprint density at radius 1 is 1.37 bits per heavy atom. The van der Waals surface area contributed by atoms with E-state index in [1.54, 1.807) is 0 Å². The quantitative estimate of drug-likeness (QED) is 0.752. The Hall–Kier alpha value is -2.11. The fourth-order valence-corrected chi connectivity index (χ4v) is 2.59. The molecule has 0 aromatic carbocycles. The molecule has 0 bridgehead atoms. The first-order chi connectivity index (χ1) is 9.02. The highest BCUT2D eigenvalue weighted by Gasteiger charge is 2.37. The average molecular weight is 264 g/mol. The van der Waals surface area contributed by atoms with Gasteiger partial charge in [0.25, 0.3) is 5.91 Å². The normalized spacial score (nSPS) is 17.1. The van der Waals surface area contributed by atoms with E-state index >= 15 is 0 Å². The first-order valence-corrected chi connectivity index (χ1v) is 6.24. The second-order valence-corrected chi connectivity index (χ2v) is 4.93. The third-order valence-corrected chi connectivity index (χ3v) is 3.50. The molecule has 2 rings (SSSR count). The van der Waals surface area contributed by atoms with E-state index in [4.69, 9.17) is 5.11 Å². The van der Waals surface area contributed by atoms with Crippen LogP contribution < -0.4 is 10.7 Å². The molecule has 0 aliphatic heterocycles. The topological polar surface area (TPSA) is 99.3 Å². The molecule has 1 aliphatic carbocycles. The van der Waals surface area contributed by atoms with Crippen molar-refractivity contribution in [2.45, 2.75) is 37.6 Å². The summed E-state index contributed by atoms with van der Waals surface area (Å²) in [6.07, 6.45) is 5.72. The van der Waals surface area contributed by atoms with Crippen LogP contribution in [0.15, 0.2) is 23.3 Å². The maximum atomic E-state index is 12.1. The van der Waals surface area contributed by atoms with E-state index in [-0.39, 0.29) is 17.4 Å². The van der Waals surface area contributed by atoms with Gasteiger partial charge in [-0.3, -0.25) is 14.4 Å². The lowest BCUT2D eigenvalue weighted by Crippen LogP contribution is -2.48. The van der Waals surface area contributed by atoms with E-state index in [1.807, 2.05) is 0 Å². The summed E-state index contributed by atoms with van der Waals surface area (Å²) in [4.78, 5) is 37.3. The molecule has 19 heavy (non-hydrogen) atoms.